The SMILES string of the molecule is COc1cc(C=CC(=O)C=C(C)C)ccc1O. The first kappa shape index (κ1) is 13.0. The third kappa shape index (κ3) is 4.15. The number of ketones is 1. The number of carbonyl (C=O) groups excluding carboxylic acids is 1. The molecule has 0 saturated carbocycles. The number of methoxy groups -OCH3 is 1. The number of allylic oxidation sites excluding steroid dienone is 3. The maximum Gasteiger partial charge on any atom is 0.178 e. The number of aromatic hydroxyl groups is 1. The van der Waals surface area contributed by atoms with Crippen LogP contribution in [0, 0.1) is 0 Å². The molecule has 0 aliphatic rings. The average Bonchev–Trinajstić information content (AvgIpc) is 2.27. The van der Waals surface area contributed by atoms with Crippen LogP contribution < -0.4 is 4.74 Å². The van der Waals surface area contributed by atoms with E-state index >= 15 is 0 Å². The largest absolute Gasteiger partial charge is 0.504 e. The highest BCUT2D eigenvalue weighted by atomic mass is 16.5. The van der Waals surface area contributed by atoms with Crippen molar-refractivity contribution < 1.29 is 14.6 Å². The number of benzene rings is 1. The number of phenols is 1. The van der Waals surface area contributed by atoms with E-state index in [9.17, 15) is 9.90 Å². The van der Waals surface area contributed by atoms with E-state index in [0.717, 1.165) is 11.1 Å². The van der Waals surface area contributed by atoms with Crippen LogP contribution in [0.15, 0.2) is 35.9 Å². The first-order valence-corrected chi connectivity index (χ1v) is 5.27. The van der Waals surface area contributed by atoms with Gasteiger partial charge in [-0.25, -0.2) is 0 Å². The Bertz CT molecular complexity index is 466. The second kappa shape index (κ2) is 5.89. The van der Waals surface area contributed by atoms with Gasteiger partial charge < -0.3 is 9.84 Å². The van der Waals surface area contributed by atoms with Gasteiger partial charge in [-0.15, -0.1) is 0 Å². The van der Waals surface area contributed by atoms with Gasteiger partial charge in [-0.1, -0.05) is 17.7 Å². The topological polar surface area (TPSA) is 46.5 Å². The van der Waals surface area contributed by atoms with Gasteiger partial charge in [0.2, 0.25) is 0 Å². The number of rotatable bonds is 4. The Labute approximate surface area is 101 Å². The number of phenolic OH excluding ortho intramolecular Hbond substituents is 1. The predicted octanol–water partition coefficient (Wildman–Crippen LogP) is 2.95. The lowest BCUT2D eigenvalue weighted by atomic mass is 10.1. The van der Waals surface area contributed by atoms with Crippen molar-refractivity contribution in [3.63, 3.8) is 0 Å². The molecule has 0 radical (unpaired) electrons. The highest BCUT2D eigenvalue weighted by Gasteiger charge is 2.00. The fraction of sp³-hybridized carbons (Fsp3) is 0.214. The van der Waals surface area contributed by atoms with Gasteiger partial charge in [0.1, 0.15) is 0 Å². The summed E-state index contributed by atoms with van der Waals surface area (Å²) in [6, 6.07) is 4.91. The average molecular weight is 232 g/mol. The summed E-state index contributed by atoms with van der Waals surface area (Å²) in [5.41, 5.74) is 1.76. The van der Waals surface area contributed by atoms with Crippen molar-refractivity contribution >= 4 is 11.9 Å². The van der Waals surface area contributed by atoms with Crippen molar-refractivity contribution in [2.75, 3.05) is 7.11 Å². The van der Waals surface area contributed by atoms with Gasteiger partial charge in [0.15, 0.2) is 17.3 Å². The number of hydrogen-bond donors (Lipinski definition) is 1. The Hall–Kier alpha value is -2.03. The lowest BCUT2D eigenvalue weighted by Crippen LogP contribution is -1.87. The Balaban J connectivity index is 2.85. The van der Waals surface area contributed by atoms with Crippen molar-refractivity contribution in [3.8, 4) is 11.5 Å². The number of ether oxygens (including phenoxy) is 1. The summed E-state index contributed by atoms with van der Waals surface area (Å²) in [6.07, 6.45) is 4.73. The normalized spacial score (nSPS) is 10.3. The van der Waals surface area contributed by atoms with Gasteiger partial charge in [-0.3, -0.25) is 4.79 Å². The molecule has 0 aromatic heterocycles. The van der Waals surface area contributed by atoms with E-state index in [4.69, 9.17) is 4.74 Å². The van der Waals surface area contributed by atoms with Gasteiger partial charge in [0.05, 0.1) is 7.11 Å². The van der Waals surface area contributed by atoms with E-state index in [1.54, 1.807) is 24.3 Å². The molecule has 1 N–H and O–H groups in total. The van der Waals surface area contributed by atoms with Gasteiger partial charge >= 0.3 is 0 Å². The standard InChI is InChI=1S/C14H16O3/c1-10(2)8-12(15)6-4-11-5-7-13(16)14(9-11)17-3/h4-9,16H,1-3H3. The van der Waals surface area contributed by atoms with Crippen LogP contribution >= 0.6 is 0 Å². The minimum atomic E-state index is -0.0583. The molecule has 0 amide bonds. The molecule has 0 fully saturated rings. The van der Waals surface area contributed by atoms with Crippen LogP contribution in [0.2, 0.25) is 0 Å². The lowest BCUT2D eigenvalue weighted by Gasteiger charge is -2.03. The molecule has 1 aromatic rings. The lowest BCUT2D eigenvalue weighted by molar-refractivity contribution is -0.110. The maximum absolute atomic E-state index is 11.4. The molecule has 90 valence electrons. The Morgan fingerprint density at radius 2 is 2.06 bits per heavy atom. The molecule has 0 spiro atoms. The maximum atomic E-state index is 11.4. The van der Waals surface area contributed by atoms with Gasteiger partial charge in [0.25, 0.3) is 0 Å². The molecule has 0 heterocycles. The molecular formula is C14H16O3. The van der Waals surface area contributed by atoms with Crippen molar-refractivity contribution in [1.29, 1.82) is 0 Å². The molecule has 0 aliphatic carbocycles. The number of hydrogen-bond acceptors (Lipinski definition) is 3. The fourth-order valence-corrected chi connectivity index (χ4v) is 1.31. The summed E-state index contributed by atoms with van der Waals surface area (Å²) in [4.78, 5) is 11.4. The third-order valence-corrected chi connectivity index (χ3v) is 2.07. The molecule has 3 nitrogen and oxygen atoms in total. The fourth-order valence-electron chi connectivity index (χ4n) is 1.31. The van der Waals surface area contributed by atoms with E-state index in [1.807, 2.05) is 13.8 Å². The van der Waals surface area contributed by atoms with Crippen molar-refractivity contribution in [2.24, 2.45) is 0 Å². The highest BCUT2D eigenvalue weighted by molar-refractivity contribution is 6.02. The highest BCUT2D eigenvalue weighted by Crippen LogP contribution is 2.26. The first-order chi connectivity index (χ1) is 8.02. The van der Waals surface area contributed by atoms with Crippen molar-refractivity contribution in [2.45, 2.75) is 13.8 Å². The van der Waals surface area contributed by atoms with Crippen LogP contribution in [0.1, 0.15) is 19.4 Å². The Morgan fingerprint density at radius 1 is 1.35 bits per heavy atom. The monoisotopic (exact) mass is 232 g/mol. The predicted molar refractivity (Wildman–Crippen MR) is 68.1 cm³/mol. The van der Waals surface area contributed by atoms with Crippen LogP contribution in [-0.4, -0.2) is 18.0 Å². The van der Waals surface area contributed by atoms with E-state index < -0.39 is 0 Å². The molecule has 1 rings (SSSR count). The molecule has 3 heteroatoms. The summed E-state index contributed by atoms with van der Waals surface area (Å²) >= 11 is 0. The Morgan fingerprint density at radius 3 is 2.65 bits per heavy atom. The van der Waals surface area contributed by atoms with Gasteiger partial charge in [-0.2, -0.15) is 0 Å². The van der Waals surface area contributed by atoms with Gasteiger partial charge in [0, 0.05) is 0 Å². The molecule has 0 unspecified atom stereocenters. The first-order valence-electron chi connectivity index (χ1n) is 5.27. The third-order valence-electron chi connectivity index (χ3n) is 2.07. The summed E-state index contributed by atoms with van der Waals surface area (Å²) in [5, 5.41) is 9.41. The van der Waals surface area contributed by atoms with Crippen LogP contribution in [0.4, 0.5) is 0 Å². The molecule has 1 aromatic carbocycles. The van der Waals surface area contributed by atoms with Crippen LogP contribution in [0.3, 0.4) is 0 Å². The molecule has 0 aliphatic heterocycles. The molecule has 17 heavy (non-hydrogen) atoms. The smallest absolute Gasteiger partial charge is 0.178 e. The van der Waals surface area contributed by atoms with Crippen LogP contribution in [0.25, 0.3) is 6.08 Å². The zero-order chi connectivity index (χ0) is 12.8. The summed E-state index contributed by atoms with van der Waals surface area (Å²) in [6.45, 7) is 3.74. The van der Waals surface area contributed by atoms with Crippen LogP contribution in [-0.2, 0) is 4.79 Å². The summed E-state index contributed by atoms with van der Waals surface area (Å²) in [5.74, 6) is 0.416. The molecule has 0 saturated heterocycles. The summed E-state index contributed by atoms with van der Waals surface area (Å²) < 4.78 is 4.98. The van der Waals surface area contributed by atoms with Crippen molar-refractivity contribution in [3.05, 3.63) is 41.5 Å². The zero-order valence-electron chi connectivity index (χ0n) is 10.2. The quantitative estimate of drug-likeness (QED) is 0.812. The molecular weight excluding hydrogens is 216 g/mol. The van der Waals surface area contributed by atoms with E-state index in [-0.39, 0.29) is 11.5 Å². The van der Waals surface area contributed by atoms with E-state index in [1.165, 1.54) is 19.3 Å². The van der Waals surface area contributed by atoms with Crippen molar-refractivity contribution in [1.82, 2.24) is 0 Å². The second-order valence-corrected chi connectivity index (χ2v) is 3.89. The Kier molecular flexibility index (Phi) is 4.52. The van der Waals surface area contributed by atoms with Gasteiger partial charge in [-0.05, 0) is 43.7 Å². The van der Waals surface area contributed by atoms with Crippen LogP contribution in [0.5, 0.6) is 11.5 Å². The second-order valence-electron chi connectivity index (χ2n) is 3.89. The van der Waals surface area contributed by atoms with E-state index in [0.29, 0.717) is 5.75 Å². The summed E-state index contributed by atoms with van der Waals surface area (Å²) in [7, 11) is 1.48. The minimum absolute atomic E-state index is 0.0583. The minimum Gasteiger partial charge on any atom is -0.504 e. The molecule has 0 atom stereocenters. The zero-order valence-corrected chi connectivity index (χ0v) is 10.2. The van der Waals surface area contributed by atoms with E-state index in [2.05, 4.69) is 0 Å². The number of carbonyl (C=O) groups is 1. The molecule has 0 bridgehead atoms.